The van der Waals surface area contributed by atoms with Crippen molar-refractivity contribution in [2.45, 2.75) is 66.7 Å². The highest BCUT2D eigenvalue weighted by molar-refractivity contribution is 5.38. The van der Waals surface area contributed by atoms with Gasteiger partial charge in [0.1, 0.15) is 0 Å². The average Bonchev–Trinajstić information content (AvgIpc) is 2.82. The van der Waals surface area contributed by atoms with Gasteiger partial charge < -0.3 is 5.32 Å². The third-order valence-electron chi connectivity index (χ3n) is 5.11. The predicted molar refractivity (Wildman–Crippen MR) is 93.0 cm³/mol. The normalized spacial score (nSPS) is 17.6. The molecule has 0 aromatic heterocycles. The molecule has 0 bridgehead atoms. The van der Waals surface area contributed by atoms with Crippen molar-refractivity contribution in [2.24, 2.45) is 11.3 Å². The Balaban J connectivity index is 2.13. The van der Waals surface area contributed by atoms with E-state index in [0.29, 0.717) is 5.41 Å². The molecule has 0 aliphatic heterocycles. The van der Waals surface area contributed by atoms with Crippen molar-refractivity contribution in [2.75, 3.05) is 13.1 Å². The van der Waals surface area contributed by atoms with E-state index in [1.165, 1.54) is 55.3 Å². The Labute approximate surface area is 131 Å². The molecular formula is C20H33N. The minimum atomic E-state index is 0.500. The molecule has 1 heteroatoms. The third kappa shape index (κ3) is 4.32. The summed E-state index contributed by atoms with van der Waals surface area (Å²) in [7, 11) is 0. The highest BCUT2D eigenvalue weighted by Gasteiger charge is 2.34. The molecule has 1 aliphatic carbocycles. The fraction of sp³-hybridized carbons (Fsp3) is 0.700. The Hall–Kier alpha value is -0.820. The molecule has 1 saturated carbocycles. The Kier molecular flexibility index (Phi) is 5.48. The minimum absolute atomic E-state index is 0.500. The van der Waals surface area contributed by atoms with Gasteiger partial charge in [0.15, 0.2) is 0 Å². The first-order chi connectivity index (χ1) is 9.92. The van der Waals surface area contributed by atoms with Crippen molar-refractivity contribution < 1.29 is 0 Å². The number of nitrogens with one attached hydrogen (secondary N) is 1. The molecule has 118 valence electrons. The van der Waals surface area contributed by atoms with E-state index in [4.69, 9.17) is 0 Å². The van der Waals surface area contributed by atoms with Crippen molar-refractivity contribution in [1.29, 1.82) is 0 Å². The van der Waals surface area contributed by atoms with Crippen LogP contribution in [0.1, 0.15) is 61.8 Å². The van der Waals surface area contributed by atoms with Crippen molar-refractivity contribution in [3.8, 4) is 0 Å². The van der Waals surface area contributed by atoms with Gasteiger partial charge in [-0.2, -0.15) is 0 Å². The van der Waals surface area contributed by atoms with Gasteiger partial charge >= 0.3 is 0 Å². The minimum Gasteiger partial charge on any atom is -0.316 e. The number of benzene rings is 1. The van der Waals surface area contributed by atoms with Crippen LogP contribution < -0.4 is 5.32 Å². The molecule has 0 saturated heterocycles. The van der Waals surface area contributed by atoms with Crippen LogP contribution in [0.25, 0.3) is 0 Å². The van der Waals surface area contributed by atoms with Gasteiger partial charge in [-0.25, -0.2) is 0 Å². The Morgan fingerprint density at radius 2 is 1.62 bits per heavy atom. The van der Waals surface area contributed by atoms with Crippen LogP contribution in [0.2, 0.25) is 0 Å². The van der Waals surface area contributed by atoms with Gasteiger partial charge in [0, 0.05) is 6.54 Å². The lowest BCUT2D eigenvalue weighted by molar-refractivity contribution is 0.272. The zero-order valence-corrected chi connectivity index (χ0v) is 14.7. The molecule has 1 aromatic carbocycles. The van der Waals surface area contributed by atoms with Crippen LogP contribution in [-0.2, 0) is 6.42 Å². The summed E-state index contributed by atoms with van der Waals surface area (Å²) in [6.07, 6.45) is 6.87. The molecule has 1 aliphatic rings. The summed E-state index contributed by atoms with van der Waals surface area (Å²) in [5.41, 5.74) is 6.48. The van der Waals surface area contributed by atoms with Gasteiger partial charge in [0.25, 0.3) is 0 Å². The quantitative estimate of drug-likeness (QED) is 0.779. The predicted octanol–water partition coefficient (Wildman–Crippen LogP) is 4.96. The molecule has 1 fully saturated rings. The Bertz CT molecular complexity index is 444. The number of rotatable bonds is 6. The van der Waals surface area contributed by atoms with Crippen LogP contribution in [0.5, 0.6) is 0 Å². The Morgan fingerprint density at radius 1 is 1.05 bits per heavy atom. The molecular weight excluding hydrogens is 254 g/mol. The van der Waals surface area contributed by atoms with Gasteiger partial charge in [0.05, 0.1) is 0 Å². The van der Waals surface area contributed by atoms with Gasteiger partial charge in [-0.15, -0.1) is 0 Å². The summed E-state index contributed by atoms with van der Waals surface area (Å²) >= 11 is 0. The molecule has 0 radical (unpaired) electrons. The first-order valence-corrected chi connectivity index (χ1v) is 8.69. The van der Waals surface area contributed by atoms with E-state index < -0.39 is 0 Å². The summed E-state index contributed by atoms with van der Waals surface area (Å²) in [4.78, 5) is 0. The van der Waals surface area contributed by atoms with Crippen LogP contribution in [0, 0.1) is 32.1 Å². The smallest absolute Gasteiger partial charge is 0.00111 e. The van der Waals surface area contributed by atoms with Crippen LogP contribution >= 0.6 is 0 Å². The second-order valence-corrected chi connectivity index (χ2v) is 7.79. The highest BCUT2D eigenvalue weighted by atomic mass is 14.9. The second-order valence-electron chi connectivity index (χ2n) is 7.79. The number of aryl methyl sites for hydroxylation is 3. The van der Waals surface area contributed by atoms with Crippen LogP contribution in [0.3, 0.4) is 0 Å². The van der Waals surface area contributed by atoms with Crippen molar-refractivity contribution >= 4 is 0 Å². The van der Waals surface area contributed by atoms with Crippen LogP contribution in [-0.4, -0.2) is 13.1 Å². The molecule has 0 unspecified atom stereocenters. The van der Waals surface area contributed by atoms with E-state index in [-0.39, 0.29) is 0 Å². The van der Waals surface area contributed by atoms with Gasteiger partial charge in [0.2, 0.25) is 0 Å². The number of hydrogen-bond donors (Lipinski definition) is 1. The van der Waals surface area contributed by atoms with E-state index in [1.54, 1.807) is 5.56 Å². The maximum Gasteiger partial charge on any atom is 0.00111 e. The van der Waals surface area contributed by atoms with E-state index in [0.717, 1.165) is 12.5 Å². The van der Waals surface area contributed by atoms with Gasteiger partial charge in [-0.3, -0.25) is 0 Å². The maximum atomic E-state index is 3.74. The largest absolute Gasteiger partial charge is 0.316 e. The van der Waals surface area contributed by atoms with Crippen molar-refractivity contribution in [3.05, 3.63) is 34.4 Å². The molecule has 1 aromatic rings. The summed E-state index contributed by atoms with van der Waals surface area (Å²) in [6.45, 7) is 13.7. The molecule has 2 rings (SSSR count). The molecule has 0 heterocycles. The lowest BCUT2D eigenvalue weighted by atomic mass is 9.77. The van der Waals surface area contributed by atoms with Crippen LogP contribution in [0.4, 0.5) is 0 Å². The van der Waals surface area contributed by atoms with E-state index in [9.17, 15) is 0 Å². The zero-order valence-electron chi connectivity index (χ0n) is 14.7. The average molecular weight is 287 g/mol. The first-order valence-electron chi connectivity index (χ1n) is 8.69. The van der Waals surface area contributed by atoms with Crippen LogP contribution in [0.15, 0.2) is 12.1 Å². The standard InChI is InChI=1S/C20H33N/c1-15(2)13-21-14-20(8-6-7-9-20)12-19-17(4)10-16(3)11-18(19)5/h10-11,15,21H,6-9,12-14H2,1-5H3. The summed E-state index contributed by atoms with van der Waals surface area (Å²) < 4.78 is 0. The molecule has 0 atom stereocenters. The fourth-order valence-corrected chi connectivity index (χ4v) is 4.03. The molecule has 1 nitrogen and oxygen atoms in total. The zero-order chi connectivity index (χ0) is 15.5. The molecule has 21 heavy (non-hydrogen) atoms. The SMILES string of the molecule is Cc1cc(C)c(CC2(CNCC(C)C)CCCC2)c(C)c1. The topological polar surface area (TPSA) is 12.0 Å². The Morgan fingerprint density at radius 3 is 2.14 bits per heavy atom. The monoisotopic (exact) mass is 287 g/mol. The lowest BCUT2D eigenvalue weighted by Gasteiger charge is -2.31. The van der Waals surface area contributed by atoms with E-state index in [2.05, 4.69) is 52.1 Å². The summed E-state index contributed by atoms with van der Waals surface area (Å²) in [5.74, 6) is 0.742. The molecule has 0 amide bonds. The first kappa shape index (κ1) is 16.5. The summed E-state index contributed by atoms with van der Waals surface area (Å²) in [5, 5.41) is 3.74. The third-order valence-corrected chi connectivity index (χ3v) is 5.11. The van der Waals surface area contributed by atoms with Crippen molar-refractivity contribution in [3.63, 3.8) is 0 Å². The lowest BCUT2D eigenvalue weighted by Crippen LogP contribution is -2.36. The summed E-state index contributed by atoms with van der Waals surface area (Å²) in [6, 6.07) is 4.71. The fourth-order valence-electron chi connectivity index (χ4n) is 4.03. The van der Waals surface area contributed by atoms with Crippen molar-refractivity contribution in [1.82, 2.24) is 5.32 Å². The number of hydrogen-bond acceptors (Lipinski definition) is 1. The van der Waals surface area contributed by atoms with Gasteiger partial charge in [-0.1, -0.05) is 44.4 Å². The highest BCUT2D eigenvalue weighted by Crippen LogP contribution is 2.41. The molecule has 1 N–H and O–H groups in total. The van der Waals surface area contributed by atoms with E-state index in [1.807, 2.05) is 0 Å². The maximum absolute atomic E-state index is 3.74. The second kappa shape index (κ2) is 6.96. The molecule has 0 spiro atoms. The van der Waals surface area contributed by atoms with Gasteiger partial charge in [-0.05, 0) is 74.6 Å². The van der Waals surface area contributed by atoms with E-state index >= 15 is 0 Å².